The number of aromatic nitrogens is 1. The van der Waals surface area contributed by atoms with Gasteiger partial charge in [0.25, 0.3) is 0 Å². The Hall–Kier alpha value is -1.85. The van der Waals surface area contributed by atoms with E-state index in [1.54, 1.807) is 0 Å². The van der Waals surface area contributed by atoms with Crippen molar-refractivity contribution in [2.45, 2.75) is 25.2 Å². The van der Waals surface area contributed by atoms with Crippen LogP contribution >= 0.6 is 23.1 Å². The summed E-state index contributed by atoms with van der Waals surface area (Å²) in [5.41, 5.74) is 3.45. The van der Waals surface area contributed by atoms with Gasteiger partial charge in [0.2, 0.25) is 5.91 Å². The number of carbonyl (C=O) groups is 1. The topological polar surface area (TPSA) is 42.0 Å². The molecule has 0 bridgehead atoms. The van der Waals surface area contributed by atoms with Crippen molar-refractivity contribution in [1.29, 1.82) is 0 Å². The minimum absolute atomic E-state index is 0.0228. The van der Waals surface area contributed by atoms with Crippen molar-refractivity contribution in [2.75, 3.05) is 11.1 Å². The number of carbonyl (C=O) groups excluding carboxylic acids is 1. The minimum Gasteiger partial charge on any atom is -0.301 e. The van der Waals surface area contributed by atoms with Gasteiger partial charge >= 0.3 is 0 Å². The summed E-state index contributed by atoms with van der Waals surface area (Å²) in [6.45, 7) is 4.19. The van der Waals surface area contributed by atoms with Crippen molar-refractivity contribution in [1.82, 2.24) is 4.98 Å². The summed E-state index contributed by atoms with van der Waals surface area (Å²) in [5.74, 6) is 0.365. The van der Waals surface area contributed by atoms with E-state index in [9.17, 15) is 4.79 Å². The van der Waals surface area contributed by atoms with E-state index in [1.807, 2.05) is 18.2 Å². The fraction of sp³-hybridized carbons (Fsp3) is 0.222. The lowest BCUT2D eigenvalue weighted by molar-refractivity contribution is -0.113. The fourth-order valence-corrected chi connectivity index (χ4v) is 3.83. The lowest BCUT2D eigenvalue weighted by Crippen LogP contribution is -2.13. The number of nitrogens with zero attached hydrogens (tertiary/aromatic N) is 1. The number of hydrogen-bond acceptors (Lipinski definition) is 4. The van der Waals surface area contributed by atoms with E-state index in [4.69, 9.17) is 0 Å². The summed E-state index contributed by atoms with van der Waals surface area (Å²) in [6.07, 6.45) is 1.00. The van der Waals surface area contributed by atoms with E-state index < -0.39 is 0 Å². The van der Waals surface area contributed by atoms with Gasteiger partial charge in [0.1, 0.15) is 0 Å². The average Bonchev–Trinajstić information content (AvgIpc) is 2.95. The predicted octanol–water partition coefficient (Wildman–Crippen LogP) is 4.90. The summed E-state index contributed by atoms with van der Waals surface area (Å²) >= 11 is 3.06. The maximum atomic E-state index is 12.1. The van der Waals surface area contributed by atoms with E-state index in [2.05, 4.69) is 48.4 Å². The van der Waals surface area contributed by atoms with Crippen molar-refractivity contribution < 1.29 is 4.79 Å². The molecule has 0 saturated heterocycles. The van der Waals surface area contributed by atoms with Gasteiger partial charge in [0.15, 0.2) is 5.13 Å². The highest BCUT2D eigenvalue weighted by molar-refractivity contribution is 8.00. The van der Waals surface area contributed by atoms with Gasteiger partial charge in [-0.05, 0) is 43.2 Å². The van der Waals surface area contributed by atoms with Crippen LogP contribution in [0.5, 0.6) is 0 Å². The molecule has 3 nitrogen and oxygen atoms in total. The molecule has 0 unspecified atom stereocenters. The van der Waals surface area contributed by atoms with E-state index in [0.29, 0.717) is 10.9 Å². The fourth-order valence-electron chi connectivity index (χ4n) is 2.18. The zero-order chi connectivity index (χ0) is 16.2. The summed E-state index contributed by atoms with van der Waals surface area (Å²) in [5, 5.41) is 3.57. The van der Waals surface area contributed by atoms with Crippen molar-refractivity contribution in [3.05, 3.63) is 53.6 Å². The molecule has 23 heavy (non-hydrogen) atoms. The quantitative estimate of drug-likeness (QED) is 0.671. The number of amides is 1. The first-order valence-electron chi connectivity index (χ1n) is 7.53. The molecule has 0 aliphatic rings. The molecule has 0 spiro atoms. The Balaban J connectivity index is 1.62. The highest BCUT2D eigenvalue weighted by atomic mass is 32.2. The third-order valence-corrected chi connectivity index (χ3v) is 5.44. The van der Waals surface area contributed by atoms with Gasteiger partial charge in [-0.1, -0.05) is 42.0 Å². The van der Waals surface area contributed by atoms with Gasteiger partial charge in [0, 0.05) is 4.90 Å². The van der Waals surface area contributed by atoms with Gasteiger partial charge in [0.05, 0.1) is 16.0 Å². The average molecular weight is 342 g/mol. The number of fused-ring (bicyclic) bond motifs is 1. The summed E-state index contributed by atoms with van der Waals surface area (Å²) in [7, 11) is 0. The lowest BCUT2D eigenvalue weighted by atomic mass is 10.2. The van der Waals surface area contributed by atoms with Crippen LogP contribution in [0.4, 0.5) is 5.13 Å². The molecular formula is C18H18N2OS2. The maximum absolute atomic E-state index is 12.1. The Labute approximate surface area is 144 Å². The number of anilines is 1. The highest BCUT2D eigenvalue weighted by Crippen LogP contribution is 2.27. The van der Waals surface area contributed by atoms with Crippen LogP contribution in [0.2, 0.25) is 0 Å². The Morgan fingerprint density at radius 3 is 2.74 bits per heavy atom. The second-order valence-electron chi connectivity index (χ2n) is 5.32. The van der Waals surface area contributed by atoms with Crippen LogP contribution in [-0.4, -0.2) is 16.6 Å². The Morgan fingerprint density at radius 2 is 2.00 bits per heavy atom. The molecule has 0 radical (unpaired) electrons. The SMILES string of the molecule is CCc1ccc2nc(NC(=O)CSc3ccc(C)cc3)sc2c1. The molecule has 5 heteroatoms. The summed E-state index contributed by atoms with van der Waals surface area (Å²) < 4.78 is 1.12. The third kappa shape index (κ3) is 4.12. The largest absolute Gasteiger partial charge is 0.301 e. The van der Waals surface area contributed by atoms with E-state index in [1.165, 1.54) is 34.2 Å². The zero-order valence-electron chi connectivity index (χ0n) is 13.1. The smallest absolute Gasteiger partial charge is 0.236 e. The number of thioether (sulfide) groups is 1. The molecule has 0 saturated carbocycles. The second kappa shape index (κ2) is 7.15. The van der Waals surface area contributed by atoms with Crippen LogP contribution < -0.4 is 5.32 Å². The van der Waals surface area contributed by atoms with Crippen molar-refractivity contribution in [3.63, 3.8) is 0 Å². The second-order valence-corrected chi connectivity index (χ2v) is 7.40. The van der Waals surface area contributed by atoms with Crippen LogP contribution in [0, 0.1) is 6.92 Å². The molecule has 1 N–H and O–H groups in total. The van der Waals surface area contributed by atoms with E-state index >= 15 is 0 Å². The van der Waals surface area contributed by atoms with Crippen molar-refractivity contribution >= 4 is 44.4 Å². The molecule has 1 heterocycles. The van der Waals surface area contributed by atoms with Crippen LogP contribution in [0.3, 0.4) is 0 Å². The zero-order valence-corrected chi connectivity index (χ0v) is 14.8. The van der Waals surface area contributed by atoms with Crippen molar-refractivity contribution in [3.8, 4) is 0 Å². The van der Waals surface area contributed by atoms with E-state index in [0.717, 1.165) is 21.5 Å². The van der Waals surface area contributed by atoms with Crippen LogP contribution in [-0.2, 0) is 11.2 Å². The van der Waals surface area contributed by atoms with Crippen LogP contribution in [0.1, 0.15) is 18.1 Å². The Kier molecular flexibility index (Phi) is 4.98. The molecule has 118 valence electrons. The van der Waals surface area contributed by atoms with Crippen LogP contribution in [0.25, 0.3) is 10.2 Å². The molecule has 1 aromatic heterocycles. The van der Waals surface area contributed by atoms with Gasteiger partial charge in [-0.25, -0.2) is 4.98 Å². The number of rotatable bonds is 5. The molecule has 0 aliphatic carbocycles. The van der Waals surface area contributed by atoms with Gasteiger partial charge in [-0.2, -0.15) is 0 Å². The Bertz CT molecular complexity index is 825. The van der Waals surface area contributed by atoms with Gasteiger partial charge in [-0.3, -0.25) is 4.79 Å². The maximum Gasteiger partial charge on any atom is 0.236 e. The van der Waals surface area contributed by atoms with Crippen molar-refractivity contribution in [2.24, 2.45) is 0 Å². The number of nitrogens with one attached hydrogen (secondary N) is 1. The molecule has 0 aliphatic heterocycles. The highest BCUT2D eigenvalue weighted by Gasteiger charge is 2.09. The molecule has 1 amide bonds. The monoisotopic (exact) mass is 342 g/mol. The molecule has 3 aromatic rings. The lowest BCUT2D eigenvalue weighted by Gasteiger charge is -2.02. The molecule has 3 rings (SSSR count). The number of hydrogen-bond donors (Lipinski definition) is 1. The first kappa shape index (κ1) is 16.0. The van der Waals surface area contributed by atoms with Crippen LogP contribution in [0.15, 0.2) is 47.4 Å². The normalized spacial score (nSPS) is 10.9. The first-order chi connectivity index (χ1) is 11.1. The minimum atomic E-state index is -0.0228. The summed E-state index contributed by atoms with van der Waals surface area (Å²) in [4.78, 5) is 17.7. The summed E-state index contributed by atoms with van der Waals surface area (Å²) in [6, 6.07) is 14.4. The molecular weight excluding hydrogens is 324 g/mol. The number of thiazole rings is 1. The van der Waals surface area contributed by atoms with E-state index in [-0.39, 0.29) is 5.91 Å². The third-order valence-electron chi connectivity index (χ3n) is 3.50. The molecule has 2 aromatic carbocycles. The standard InChI is InChI=1S/C18H18N2OS2/c1-3-13-6-9-15-16(10-13)23-18(19-15)20-17(21)11-22-14-7-4-12(2)5-8-14/h4-10H,3,11H2,1-2H3,(H,19,20,21). The first-order valence-corrected chi connectivity index (χ1v) is 9.33. The molecule has 0 fully saturated rings. The Morgan fingerprint density at radius 1 is 1.22 bits per heavy atom. The van der Waals surface area contributed by atoms with Gasteiger partial charge < -0.3 is 5.32 Å². The number of aryl methyl sites for hydroxylation is 2. The number of benzene rings is 2. The molecule has 0 atom stereocenters. The van der Waals surface area contributed by atoms with Gasteiger partial charge in [-0.15, -0.1) is 11.8 Å². The predicted molar refractivity (Wildman–Crippen MR) is 99.5 cm³/mol.